The summed E-state index contributed by atoms with van der Waals surface area (Å²) >= 11 is 0. The second-order valence-corrected chi connectivity index (χ2v) is 2.74. The first-order valence-electron chi connectivity index (χ1n) is 4.21. The summed E-state index contributed by atoms with van der Waals surface area (Å²) in [7, 11) is -0.418. The van der Waals surface area contributed by atoms with Crippen LogP contribution >= 0.6 is 0 Å². The summed E-state index contributed by atoms with van der Waals surface area (Å²) in [5.74, 6) is 0. The molecule has 0 aliphatic carbocycles. The zero-order chi connectivity index (χ0) is 8.10. The van der Waals surface area contributed by atoms with Gasteiger partial charge in [0.2, 0.25) is 0 Å². The van der Waals surface area contributed by atoms with Gasteiger partial charge < -0.3 is 14.0 Å². The van der Waals surface area contributed by atoms with Gasteiger partial charge in [0, 0.05) is 19.3 Å². The average Bonchev–Trinajstić information content (AvgIpc) is 2.06. The highest BCUT2D eigenvalue weighted by molar-refractivity contribution is 6.36. The molecule has 0 spiro atoms. The highest BCUT2D eigenvalue weighted by atomic mass is 16.7. The molecule has 1 atom stereocenters. The van der Waals surface area contributed by atoms with Gasteiger partial charge in [0.1, 0.15) is 0 Å². The molecule has 1 saturated heterocycles. The van der Waals surface area contributed by atoms with Crippen LogP contribution in [0.2, 0.25) is 0 Å². The lowest BCUT2D eigenvalue weighted by molar-refractivity contribution is 0.0303. The first-order chi connectivity index (χ1) is 5.33. The first kappa shape index (κ1) is 9.04. The van der Waals surface area contributed by atoms with E-state index >= 15 is 0 Å². The van der Waals surface area contributed by atoms with Crippen molar-refractivity contribution in [2.75, 3.05) is 13.2 Å². The van der Waals surface area contributed by atoms with Crippen molar-refractivity contribution in [2.24, 2.45) is 0 Å². The maximum Gasteiger partial charge on any atom is 0.639 e. The van der Waals surface area contributed by atoms with Crippen LogP contribution in [0.1, 0.15) is 26.7 Å². The van der Waals surface area contributed by atoms with Crippen LogP contribution in [0.5, 0.6) is 0 Å². The third-order valence-electron chi connectivity index (χ3n) is 1.71. The Morgan fingerprint density at radius 3 is 2.64 bits per heavy atom. The molecule has 11 heavy (non-hydrogen) atoms. The van der Waals surface area contributed by atoms with Crippen LogP contribution in [0, 0.1) is 0 Å². The van der Waals surface area contributed by atoms with Crippen LogP contribution in [0.15, 0.2) is 0 Å². The van der Waals surface area contributed by atoms with Crippen LogP contribution in [0.3, 0.4) is 0 Å². The molecule has 4 heteroatoms. The van der Waals surface area contributed by atoms with Gasteiger partial charge in [0.15, 0.2) is 0 Å². The lowest BCUT2D eigenvalue weighted by atomic mass is 10.1. The molecule has 64 valence electrons. The van der Waals surface area contributed by atoms with Crippen molar-refractivity contribution >= 4 is 7.32 Å². The zero-order valence-corrected chi connectivity index (χ0v) is 7.21. The average molecular weight is 158 g/mol. The fourth-order valence-electron chi connectivity index (χ4n) is 0.831. The van der Waals surface area contributed by atoms with Crippen molar-refractivity contribution in [3.8, 4) is 0 Å². The van der Waals surface area contributed by atoms with Crippen LogP contribution < -0.4 is 0 Å². The SMILES string of the molecule is CCC(C)OB1OCCCO1. The summed E-state index contributed by atoms with van der Waals surface area (Å²) in [6, 6.07) is 0. The Labute approximate surface area is 68.2 Å². The predicted octanol–water partition coefficient (Wildman–Crippen LogP) is 1.22. The van der Waals surface area contributed by atoms with E-state index in [9.17, 15) is 0 Å². The van der Waals surface area contributed by atoms with Gasteiger partial charge in [-0.3, -0.25) is 0 Å². The quantitative estimate of drug-likeness (QED) is 0.578. The Morgan fingerprint density at radius 2 is 2.09 bits per heavy atom. The summed E-state index contributed by atoms with van der Waals surface area (Å²) in [6.07, 6.45) is 2.18. The lowest BCUT2D eigenvalue weighted by Crippen LogP contribution is -2.35. The summed E-state index contributed by atoms with van der Waals surface area (Å²) in [4.78, 5) is 0. The van der Waals surface area contributed by atoms with Crippen LogP contribution in [0.25, 0.3) is 0 Å². The van der Waals surface area contributed by atoms with Crippen LogP contribution in [-0.4, -0.2) is 26.6 Å². The second-order valence-electron chi connectivity index (χ2n) is 2.74. The molecule has 0 aromatic rings. The van der Waals surface area contributed by atoms with E-state index in [1.54, 1.807) is 0 Å². The fourth-order valence-corrected chi connectivity index (χ4v) is 0.831. The van der Waals surface area contributed by atoms with Crippen LogP contribution in [-0.2, 0) is 14.0 Å². The van der Waals surface area contributed by atoms with Gasteiger partial charge in [-0.05, 0) is 19.8 Å². The molecule has 0 saturated carbocycles. The van der Waals surface area contributed by atoms with E-state index in [1.165, 1.54) is 0 Å². The molecule has 1 heterocycles. The van der Waals surface area contributed by atoms with Crippen molar-refractivity contribution in [1.29, 1.82) is 0 Å². The standard InChI is InChI=1S/C7H15BO3/c1-3-7(2)11-8-9-5-4-6-10-8/h7H,3-6H2,1-2H3. The van der Waals surface area contributed by atoms with E-state index in [4.69, 9.17) is 14.0 Å². The second kappa shape index (κ2) is 4.75. The van der Waals surface area contributed by atoms with Crippen molar-refractivity contribution in [1.82, 2.24) is 0 Å². The minimum Gasteiger partial charge on any atom is -0.386 e. The Bertz CT molecular complexity index is 104. The molecular formula is C7H15BO3. The molecule has 1 fully saturated rings. The van der Waals surface area contributed by atoms with Crippen LogP contribution in [0.4, 0.5) is 0 Å². The molecule has 0 bridgehead atoms. The van der Waals surface area contributed by atoms with E-state index in [2.05, 4.69) is 6.92 Å². The van der Waals surface area contributed by atoms with E-state index in [0.29, 0.717) is 0 Å². The molecule has 0 radical (unpaired) electrons. The maximum absolute atomic E-state index is 5.40. The first-order valence-corrected chi connectivity index (χ1v) is 4.21. The molecule has 1 rings (SSSR count). The highest BCUT2D eigenvalue weighted by Gasteiger charge is 2.26. The highest BCUT2D eigenvalue weighted by Crippen LogP contribution is 2.06. The van der Waals surface area contributed by atoms with E-state index in [1.807, 2.05) is 6.92 Å². The Hall–Kier alpha value is -0.0551. The third-order valence-corrected chi connectivity index (χ3v) is 1.71. The molecule has 3 nitrogen and oxygen atoms in total. The predicted molar refractivity (Wildman–Crippen MR) is 43.1 cm³/mol. The molecule has 0 aromatic heterocycles. The summed E-state index contributed by atoms with van der Waals surface area (Å²) in [6.45, 7) is 5.59. The Balaban J connectivity index is 2.13. The fraction of sp³-hybridized carbons (Fsp3) is 1.00. The topological polar surface area (TPSA) is 27.7 Å². The smallest absolute Gasteiger partial charge is 0.386 e. The van der Waals surface area contributed by atoms with Gasteiger partial charge in [-0.1, -0.05) is 6.92 Å². The normalized spacial score (nSPS) is 21.8. The van der Waals surface area contributed by atoms with Gasteiger partial charge in [-0.2, -0.15) is 0 Å². The number of hydrogen-bond donors (Lipinski definition) is 0. The van der Waals surface area contributed by atoms with E-state index in [-0.39, 0.29) is 6.10 Å². The minimum atomic E-state index is -0.418. The monoisotopic (exact) mass is 158 g/mol. The Kier molecular flexibility index (Phi) is 3.90. The summed E-state index contributed by atoms with van der Waals surface area (Å²) in [5, 5.41) is 0. The maximum atomic E-state index is 5.40. The van der Waals surface area contributed by atoms with Gasteiger partial charge in [0.25, 0.3) is 0 Å². The van der Waals surface area contributed by atoms with Crippen molar-refractivity contribution in [2.45, 2.75) is 32.8 Å². The molecule has 0 N–H and O–H groups in total. The molecule has 1 aliphatic heterocycles. The summed E-state index contributed by atoms with van der Waals surface area (Å²) < 4.78 is 15.8. The largest absolute Gasteiger partial charge is 0.639 e. The zero-order valence-electron chi connectivity index (χ0n) is 7.21. The van der Waals surface area contributed by atoms with Gasteiger partial charge >= 0.3 is 7.32 Å². The van der Waals surface area contributed by atoms with Crippen molar-refractivity contribution < 1.29 is 14.0 Å². The van der Waals surface area contributed by atoms with Crippen molar-refractivity contribution in [3.05, 3.63) is 0 Å². The van der Waals surface area contributed by atoms with E-state index < -0.39 is 7.32 Å². The van der Waals surface area contributed by atoms with Gasteiger partial charge in [-0.15, -0.1) is 0 Å². The molecular weight excluding hydrogens is 143 g/mol. The summed E-state index contributed by atoms with van der Waals surface area (Å²) in [5.41, 5.74) is 0. The molecule has 1 aliphatic rings. The minimum absolute atomic E-state index is 0.220. The molecule has 1 unspecified atom stereocenters. The van der Waals surface area contributed by atoms with Crippen molar-refractivity contribution in [3.63, 3.8) is 0 Å². The molecule has 0 aromatic carbocycles. The third kappa shape index (κ3) is 3.23. The molecule has 0 amide bonds. The Morgan fingerprint density at radius 1 is 1.45 bits per heavy atom. The van der Waals surface area contributed by atoms with Gasteiger partial charge in [-0.25, -0.2) is 0 Å². The number of rotatable bonds is 3. The number of hydrogen-bond acceptors (Lipinski definition) is 3. The van der Waals surface area contributed by atoms with E-state index in [0.717, 1.165) is 26.1 Å². The lowest BCUT2D eigenvalue weighted by Gasteiger charge is -2.21. The van der Waals surface area contributed by atoms with Gasteiger partial charge in [0.05, 0.1) is 0 Å².